The van der Waals surface area contributed by atoms with Crippen LogP contribution in [0.15, 0.2) is 48.5 Å². The highest BCUT2D eigenvalue weighted by Gasteiger charge is 2.09. The van der Waals surface area contributed by atoms with Crippen LogP contribution < -0.4 is 11.1 Å². The van der Waals surface area contributed by atoms with Crippen molar-refractivity contribution in [2.45, 2.75) is 19.5 Å². The van der Waals surface area contributed by atoms with E-state index >= 15 is 0 Å². The van der Waals surface area contributed by atoms with Crippen molar-refractivity contribution in [3.63, 3.8) is 0 Å². The van der Waals surface area contributed by atoms with Gasteiger partial charge in [-0.1, -0.05) is 30.3 Å². The fourth-order valence-electron chi connectivity index (χ4n) is 2.04. The lowest BCUT2D eigenvalue weighted by atomic mass is 10.0. The summed E-state index contributed by atoms with van der Waals surface area (Å²) in [7, 11) is 0. The second kappa shape index (κ2) is 7.02. The Morgan fingerprint density at radius 1 is 1.19 bits per heavy atom. The zero-order valence-corrected chi connectivity index (χ0v) is 12.0. The van der Waals surface area contributed by atoms with E-state index in [1.54, 1.807) is 19.1 Å². The molecule has 0 aromatic heterocycles. The first-order chi connectivity index (χ1) is 10.1. The Labute approximate surface area is 124 Å². The number of aliphatic hydroxyl groups excluding tert-OH is 1. The van der Waals surface area contributed by atoms with Crippen LogP contribution in [0.1, 0.15) is 22.8 Å². The monoisotopic (exact) mass is 284 g/mol. The largest absolute Gasteiger partial charge is 0.394 e. The van der Waals surface area contributed by atoms with Gasteiger partial charge in [0, 0.05) is 18.2 Å². The number of nitrogens with two attached hydrogens (primary N) is 1. The quantitative estimate of drug-likeness (QED) is 0.785. The van der Waals surface area contributed by atoms with Gasteiger partial charge in [-0.05, 0) is 41.8 Å². The third kappa shape index (κ3) is 3.90. The average molecular weight is 284 g/mol. The molecule has 4 heteroatoms. The van der Waals surface area contributed by atoms with Crippen LogP contribution in [0, 0.1) is 0 Å². The van der Waals surface area contributed by atoms with Crippen LogP contribution >= 0.6 is 0 Å². The van der Waals surface area contributed by atoms with E-state index < -0.39 is 0 Å². The zero-order chi connectivity index (χ0) is 15.2. The second-order valence-electron chi connectivity index (χ2n) is 5.04. The summed E-state index contributed by atoms with van der Waals surface area (Å²) in [6, 6.07) is 15.2. The maximum absolute atomic E-state index is 11.9. The average Bonchev–Trinajstić information content (AvgIpc) is 2.54. The number of hydrogen-bond donors (Lipinski definition) is 3. The molecule has 0 radical (unpaired) electrons. The van der Waals surface area contributed by atoms with Gasteiger partial charge in [-0.3, -0.25) is 4.79 Å². The number of carbonyl (C=O) groups excluding carboxylic acids is 1. The molecule has 0 unspecified atom stereocenters. The van der Waals surface area contributed by atoms with Gasteiger partial charge in [-0.25, -0.2) is 0 Å². The van der Waals surface area contributed by atoms with Crippen molar-refractivity contribution < 1.29 is 9.90 Å². The molecule has 0 saturated carbocycles. The van der Waals surface area contributed by atoms with Crippen molar-refractivity contribution in [2.24, 2.45) is 5.73 Å². The Morgan fingerprint density at radius 3 is 2.52 bits per heavy atom. The fourth-order valence-corrected chi connectivity index (χ4v) is 2.04. The van der Waals surface area contributed by atoms with Crippen molar-refractivity contribution in [1.29, 1.82) is 0 Å². The van der Waals surface area contributed by atoms with E-state index in [0.29, 0.717) is 12.1 Å². The number of aliphatic hydroxyl groups is 1. The SMILES string of the molecule is C[C@@H](CO)NC(=O)c1ccc(-c2cccc(CN)c2)cc1. The molecule has 21 heavy (non-hydrogen) atoms. The van der Waals surface area contributed by atoms with E-state index in [2.05, 4.69) is 5.32 Å². The molecule has 2 aromatic rings. The summed E-state index contributed by atoms with van der Waals surface area (Å²) in [5.74, 6) is -0.182. The number of amides is 1. The molecule has 0 aliphatic carbocycles. The molecule has 4 nitrogen and oxygen atoms in total. The first kappa shape index (κ1) is 15.2. The van der Waals surface area contributed by atoms with Crippen molar-refractivity contribution in [2.75, 3.05) is 6.61 Å². The summed E-state index contributed by atoms with van der Waals surface area (Å²) in [5.41, 5.74) is 9.42. The molecule has 2 rings (SSSR count). The second-order valence-corrected chi connectivity index (χ2v) is 5.04. The number of hydrogen-bond acceptors (Lipinski definition) is 3. The van der Waals surface area contributed by atoms with Crippen LogP contribution in [-0.4, -0.2) is 23.7 Å². The third-order valence-corrected chi connectivity index (χ3v) is 3.29. The van der Waals surface area contributed by atoms with Crippen LogP contribution in [0.25, 0.3) is 11.1 Å². The molecular formula is C17H20N2O2. The first-order valence-electron chi connectivity index (χ1n) is 6.95. The summed E-state index contributed by atoms with van der Waals surface area (Å²) in [5, 5.41) is 11.7. The molecule has 110 valence electrons. The number of rotatable bonds is 5. The molecule has 0 spiro atoms. The molecule has 4 N–H and O–H groups in total. The highest BCUT2D eigenvalue weighted by Crippen LogP contribution is 2.21. The summed E-state index contributed by atoms with van der Waals surface area (Å²) in [6.45, 7) is 2.19. The van der Waals surface area contributed by atoms with Gasteiger partial charge in [-0.2, -0.15) is 0 Å². The summed E-state index contributed by atoms with van der Waals surface area (Å²) in [6.07, 6.45) is 0. The lowest BCUT2D eigenvalue weighted by Crippen LogP contribution is -2.34. The molecule has 0 aliphatic heterocycles. The van der Waals surface area contributed by atoms with Crippen LogP contribution in [0.2, 0.25) is 0 Å². The van der Waals surface area contributed by atoms with Gasteiger partial charge < -0.3 is 16.2 Å². The molecule has 0 aliphatic rings. The van der Waals surface area contributed by atoms with Crippen molar-refractivity contribution in [3.05, 3.63) is 59.7 Å². The highest BCUT2D eigenvalue weighted by molar-refractivity contribution is 5.94. The van der Waals surface area contributed by atoms with Gasteiger partial charge >= 0.3 is 0 Å². The predicted molar refractivity (Wildman–Crippen MR) is 83.8 cm³/mol. The summed E-state index contributed by atoms with van der Waals surface area (Å²) >= 11 is 0. The highest BCUT2D eigenvalue weighted by atomic mass is 16.3. The number of nitrogens with one attached hydrogen (secondary N) is 1. The van der Waals surface area contributed by atoms with Gasteiger partial charge in [-0.15, -0.1) is 0 Å². The maximum atomic E-state index is 11.9. The van der Waals surface area contributed by atoms with Crippen LogP contribution in [0.5, 0.6) is 0 Å². The Morgan fingerprint density at radius 2 is 1.90 bits per heavy atom. The summed E-state index contributed by atoms with van der Waals surface area (Å²) < 4.78 is 0. The zero-order valence-electron chi connectivity index (χ0n) is 12.0. The molecule has 1 amide bonds. The topological polar surface area (TPSA) is 75.3 Å². The minimum Gasteiger partial charge on any atom is -0.394 e. The third-order valence-electron chi connectivity index (χ3n) is 3.29. The lowest BCUT2D eigenvalue weighted by Gasteiger charge is -2.11. The van der Waals surface area contributed by atoms with Gasteiger partial charge in [0.2, 0.25) is 0 Å². The Hall–Kier alpha value is -2.17. The summed E-state index contributed by atoms with van der Waals surface area (Å²) in [4.78, 5) is 11.9. The molecule has 1 atom stereocenters. The normalized spacial score (nSPS) is 12.0. The number of benzene rings is 2. The minimum absolute atomic E-state index is 0.0737. The van der Waals surface area contributed by atoms with E-state index in [-0.39, 0.29) is 18.6 Å². The van der Waals surface area contributed by atoms with E-state index in [1.807, 2.05) is 36.4 Å². The van der Waals surface area contributed by atoms with Crippen molar-refractivity contribution in [3.8, 4) is 11.1 Å². The Bertz CT molecular complexity index is 608. The van der Waals surface area contributed by atoms with Gasteiger partial charge in [0.05, 0.1) is 6.61 Å². The fraction of sp³-hybridized carbons (Fsp3) is 0.235. The molecule has 0 fully saturated rings. The van der Waals surface area contributed by atoms with Gasteiger partial charge in [0.1, 0.15) is 0 Å². The molecular weight excluding hydrogens is 264 g/mol. The standard InChI is InChI=1S/C17H20N2O2/c1-12(11-20)19-17(21)15-7-5-14(6-8-15)16-4-2-3-13(9-16)10-18/h2-9,12,20H,10-11,18H2,1H3,(H,19,21)/t12-/m0/s1. The van der Waals surface area contributed by atoms with E-state index in [0.717, 1.165) is 16.7 Å². The number of carbonyl (C=O) groups is 1. The van der Waals surface area contributed by atoms with Crippen LogP contribution in [0.4, 0.5) is 0 Å². The first-order valence-corrected chi connectivity index (χ1v) is 6.95. The van der Waals surface area contributed by atoms with Gasteiger partial charge in [0.25, 0.3) is 5.91 Å². The Kier molecular flexibility index (Phi) is 5.09. The molecule has 2 aromatic carbocycles. The van der Waals surface area contributed by atoms with Crippen molar-refractivity contribution >= 4 is 5.91 Å². The molecule has 0 bridgehead atoms. The van der Waals surface area contributed by atoms with Gasteiger partial charge in [0.15, 0.2) is 0 Å². The van der Waals surface area contributed by atoms with E-state index in [1.165, 1.54) is 0 Å². The molecule has 0 heterocycles. The predicted octanol–water partition coefficient (Wildman–Crippen LogP) is 1.92. The van der Waals surface area contributed by atoms with Crippen LogP contribution in [-0.2, 0) is 6.54 Å². The maximum Gasteiger partial charge on any atom is 0.251 e. The Balaban J connectivity index is 2.16. The van der Waals surface area contributed by atoms with E-state index in [9.17, 15) is 4.79 Å². The van der Waals surface area contributed by atoms with Crippen LogP contribution in [0.3, 0.4) is 0 Å². The van der Waals surface area contributed by atoms with Crippen molar-refractivity contribution in [1.82, 2.24) is 5.32 Å². The van der Waals surface area contributed by atoms with E-state index in [4.69, 9.17) is 10.8 Å². The minimum atomic E-state index is -0.251. The molecule has 0 saturated heterocycles. The smallest absolute Gasteiger partial charge is 0.251 e. The lowest BCUT2D eigenvalue weighted by molar-refractivity contribution is 0.0922.